The van der Waals surface area contributed by atoms with Crippen molar-refractivity contribution in [1.82, 2.24) is 9.97 Å². The number of anilines is 2. The first kappa shape index (κ1) is 21.5. The zero-order valence-corrected chi connectivity index (χ0v) is 17.8. The van der Waals surface area contributed by atoms with Crippen LogP contribution in [0.5, 0.6) is 5.75 Å². The van der Waals surface area contributed by atoms with Crippen LogP contribution in [0.3, 0.4) is 0 Å². The number of carbonyl (C=O) groups excluding carboxylic acids is 1. The molecule has 8 nitrogen and oxygen atoms in total. The normalized spacial score (nSPS) is 11.0. The number of nitrogens with one attached hydrogen (secondary N) is 2. The molecule has 0 saturated carbocycles. The summed E-state index contributed by atoms with van der Waals surface area (Å²) >= 11 is 5.80. The molecule has 2 aromatic carbocycles. The maximum absolute atomic E-state index is 12.5. The zero-order valence-electron chi connectivity index (χ0n) is 16.2. The van der Waals surface area contributed by atoms with E-state index in [2.05, 4.69) is 20.0 Å². The lowest BCUT2D eigenvalue weighted by molar-refractivity contribution is -0.118. The third-order valence-electron chi connectivity index (χ3n) is 3.84. The summed E-state index contributed by atoms with van der Waals surface area (Å²) in [4.78, 5) is 20.2. The predicted octanol–water partition coefficient (Wildman–Crippen LogP) is 3.57. The third-order valence-corrected chi connectivity index (χ3v) is 5.44. The summed E-state index contributed by atoms with van der Waals surface area (Å²) in [6, 6.07) is 14.1. The molecule has 1 amide bonds. The van der Waals surface area contributed by atoms with E-state index < -0.39 is 10.0 Å². The summed E-state index contributed by atoms with van der Waals surface area (Å²) in [5.74, 6) is 0.127. The van der Waals surface area contributed by atoms with E-state index in [9.17, 15) is 13.2 Å². The van der Waals surface area contributed by atoms with E-state index in [4.69, 9.17) is 16.3 Å². The number of aromatic nitrogens is 2. The average Bonchev–Trinajstić information content (AvgIpc) is 2.67. The van der Waals surface area contributed by atoms with E-state index in [0.29, 0.717) is 27.8 Å². The van der Waals surface area contributed by atoms with Gasteiger partial charge in [-0.1, -0.05) is 11.6 Å². The standard InChI is InChI=1S/C20H19ClN4O4S/c1-13-11-14(2)23-20(22-13)25-30(27,28)18-9-5-16(6-10-18)24-19(26)12-29-17-7-3-15(21)4-8-17/h3-11H,12H2,1-2H3,(H,24,26)(H,22,23,25). The molecule has 0 radical (unpaired) electrons. The summed E-state index contributed by atoms with van der Waals surface area (Å²) in [5, 5.41) is 3.21. The molecule has 0 spiro atoms. The fourth-order valence-corrected chi connectivity index (χ4v) is 3.61. The van der Waals surface area contributed by atoms with Gasteiger partial charge in [0.25, 0.3) is 15.9 Å². The largest absolute Gasteiger partial charge is 0.484 e. The Hall–Kier alpha value is -3.17. The van der Waals surface area contributed by atoms with Crippen molar-refractivity contribution < 1.29 is 17.9 Å². The van der Waals surface area contributed by atoms with Crippen molar-refractivity contribution in [2.75, 3.05) is 16.6 Å². The van der Waals surface area contributed by atoms with Crippen LogP contribution in [-0.4, -0.2) is 30.9 Å². The molecule has 10 heteroatoms. The number of sulfonamides is 1. The number of halogens is 1. The number of rotatable bonds is 7. The van der Waals surface area contributed by atoms with Crippen molar-refractivity contribution in [3.63, 3.8) is 0 Å². The van der Waals surface area contributed by atoms with Crippen LogP contribution in [0.2, 0.25) is 5.02 Å². The summed E-state index contributed by atoms with van der Waals surface area (Å²) in [7, 11) is -3.87. The summed E-state index contributed by atoms with van der Waals surface area (Å²) in [6.07, 6.45) is 0. The Morgan fingerprint density at radius 3 is 2.20 bits per heavy atom. The monoisotopic (exact) mass is 446 g/mol. The van der Waals surface area contributed by atoms with Crippen molar-refractivity contribution in [3.8, 4) is 5.75 Å². The summed E-state index contributed by atoms with van der Waals surface area (Å²) < 4.78 is 32.8. The Kier molecular flexibility index (Phi) is 6.53. The second-order valence-corrected chi connectivity index (χ2v) is 8.51. The van der Waals surface area contributed by atoms with Gasteiger partial charge in [-0.2, -0.15) is 0 Å². The molecule has 0 aliphatic carbocycles. The van der Waals surface area contributed by atoms with Gasteiger partial charge in [0.1, 0.15) is 5.75 Å². The molecule has 0 bridgehead atoms. The molecule has 3 aromatic rings. The van der Waals surface area contributed by atoms with Gasteiger partial charge in [-0.25, -0.2) is 23.1 Å². The number of nitrogens with zero attached hydrogens (tertiary/aromatic N) is 2. The van der Waals surface area contributed by atoms with Crippen molar-refractivity contribution in [2.24, 2.45) is 0 Å². The minimum atomic E-state index is -3.87. The number of hydrogen-bond acceptors (Lipinski definition) is 6. The van der Waals surface area contributed by atoms with Gasteiger partial charge < -0.3 is 10.1 Å². The van der Waals surface area contributed by atoms with Gasteiger partial charge in [-0.05, 0) is 68.4 Å². The SMILES string of the molecule is Cc1cc(C)nc(NS(=O)(=O)c2ccc(NC(=O)COc3ccc(Cl)cc3)cc2)n1. The number of aryl methyl sites for hydroxylation is 2. The van der Waals surface area contributed by atoms with Crippen LogP contribution < -0.4 is 14.8 Å². The highest BCUT2D eigenvalue weighted by Gasteiger charge is 2.16. The van der Waals surface area contributed by atoms with Crippen LogP contribution in [-0.2, 0) is 14.8 Å². The van der Waals surface area contributed by atoms with E-state index in [1.54, 1.807) is 44.2 Å². The predicted molar refractivity (Wildman–Crippen MR) is 114 cm³/mol. The fourth-order valence-electron chi connectivity index (χ4n) is 2.54. The molecule has 0 aliphatic heterocycles. The van der Waals surface area contributed by atoms with Crippen molar-refractivity contribution in [2.45, 2.75) is 18.7 Å². The molecule has 3 rings (SSSR count). The number of amides is 1. The quantitative estimate of drug-likeness (QED) is 0.574. The first-order valence-electron chi connectivity index (χ1n) is 8.85. The van der Waals surface area contributed by atoms with Crippen molar-refractivity contribution in [3.05, 3.63) is 71.0 Å². The van der Waals surface area contributed by atoms with Crippen LogP contribution in [0.15, 0.2) is 59.5 Å². The number of benzene rings is 2. The minimum absolute atomic E-state index is 0.00391. The minimum Gasteiger partial charge on any atom is -0.484 e. The number of ether oxygens (including phenoxy) is 1. The Labute approximate surface area is 179 Å². The molecule has 1 heterocycles. The Balaban J connectivity index is 1.60. The lowest BCUT2D eigenvalue weighted by atomic mass is 10.3. The maximum Gasteiger partial charge on any atom is 0.264 e. The van der Waals surface area contributed by atoms with Crippen molar-refractivity contribution >= 4 is 39.2 Å². The van der Waals surface area contributed by atoms with Crippen LogP contribution in [0, 0.1) is 13.8 Å². The fraction of sp³-hybridized carbons (Fsp3) is 0.150. The lowest BCUT2D eigenvalue weighted by Gasteiger charge is -2.10. The van der Waals surface area contributed by atoms with Crippen LogP contribution in [0.25, 0.3) is 0 Å². The van der Waals surface area contributed by atoms with E-state index in [1.165, 1.54) is 24.3 Å². The zero-order chi connectivity index (χ0) is 21.7. The molecule has 0 fully saturated rings. The van der Waals surface area contributed by atoms with Crippen molar-refractivity contribution in [1.29, 1.82) is 0 Å². The van der Waals surface area contributed by atoms with E-state index >= 15 is 0 Å². The highest BCUT2D eigenvalue weighted by Crippen LogP contribution is 2.18. The van der Waals surface area contributed by atoms with Crippen LogP contribution in [0.4, 0.5) is 11.6 Å². The molecule has 0 unspecified atom stereocenters. The molecular formula is C20H19ClN4O4S. The number of hydrogen-bond donors (Lipinski definition) is 2. The Bertz CT molecular complexity index is 1130. The average molecular weight is 447 g/mol. The first-order chi connectivity index (χ1) is 14.2. The smallest absolute Gasteiger partial charge is 0.264 e. The molecule has 0 aliphatic rings. The molecule has 0 atom stereocenters. The van der Waals surface area contributed by atoms with Gasteiger partial charge in [0.05, 0.1) is 4.90 Å². The highest BCUT2D eigenvalue weighted by molar-refractivity contribution is 7.92. The summed E-state index contributed by atoms with van der Waals surface area (Å²) in [5.41, 5.74) is 1.74. The summed E-state index contributed by atoms with van der Waals surface area (Å²) in [6.45, 7) is 3.30. The second kappa shape index (κ2) is 9.10. The molecule has 1 aromatic heterocycles. The second-order valence-electron chi connectivity index (χ2n) is 6.39. The van der Waals surface area contributed by atoms with Gasteiger partial charge in [0.15, 0.2) is 6.61 Å². The van der Waals surface area contributed by atoms with Gasteiger partial charge in [0.2, 0.25) is 5.95 Å². The Morgan fingerprint density at radius 1 is 1.00 bits per heavy atom. The third kappa shape index (κ3) is 5.91. The van der Waals surface area contributed by atoms with E-state index in [1.807, 2.05) is 0 Å². The Morgan fingerprint density at radius 2 is 1.60 bits per heavy atom. The van der Waals surface area contributed by atoms with E-state index in [-0.39, 0.29) is 23.4 Å². The molecule has 2 N–H and O–H groups in total. The van der Waals surface area contributed by atoms with Crippen LogP contribution in [0.1, 0.15) is 11.4 Å². The topological polar surface area (TPSA) is 110 Å². The maximum atomic E-state index is 12.5. The van der Waals surface area contributed by atoms with Gasteiger partial charge in [0, 0.05) is 22.1 Å². The highest BCUT2D eigenvalue weighted by atomic mass is 35.5. The molecule has 156 valence electrons. The van der Waals surface area contributed by atoms with Gasteiger partial charge in [-0.3, -0.25) is 4.79 Å². The number of carbonyl (C=O) groups is 1. The molecular weight excluding hydrogens is 428 g/mol. The van der Waals surface area contributed by atoms with Crippen LogP contribution >= 0.6 is 11.6 Å². The lowest BCUT2D eigenvalue weighted by Crippen LogP contribution is -2.20. The van der Waals surface area contributed by atoms with Gasteiger partial charge >= 0.3 is 0 Å². The molecule has 0 saturated heterocycles. The molecule has 30 heavy (non-hydrogen) atoms. The van der Waals surface area contributed by atoms with E-state index in [0.717, 1.165) is 0 Å². The first-order valence-corrected chi connectivity index (χ1v) is 10.7. The van der Waals surface area contributed by atoms with Gasteiger partial charge in [-0.15, -0.1) is 0 Å².